The SMILES string of the molecule is CC(C)n1cc(C(=O)c2cccc(NS(=O)(=O)c3ccc(S(C)(=O)=O)cc3)c2)c2c(N)ncnc21. The first-order chi connectivity index (χ1) is 16.4. The van der Waals surface area contributed by atoms with E-state index < -0.39 is 19.9 Å². The number of fused-ring (bicyclic) bond motifs is 1. The smallest absolute Gasteiger partial charge is 0.261 e. The van der Waals surface area contributed by atoms with Gasteiger partial charge in [0.05, 0.1) is 20.7 Å². The highest BCUT2D eigenvalue weighted by Crippen LogP contribution is 2.29. The van der Waals surface area contributed by atoms with Crippen molar-refractivity contribution < 1.29 is 21.6 Å². The minimum Gasteiger partial charge on any atom is -0.383 e. The van der Waals surface area contributed by atoms with Gasteiger partial charge in [0, 0.05) is 29.7 Å². The van der Waals surface area contributed by atoms with Crippen LogP contribution in [0.2, 0.25) is 0 Å². The minimum absolute atomic E-state index is 0.00728. The van der Waals surface area contributed by atoms with Crippen molar-refractivity contribution in [3.05, 3.63) is 72.2 Å². The van der Waals surface area contributed by atoms with E-state index in [0.29, 0.717) is 16.6 Å². The second-order valence-corrected chi connectivity index (χ2v) is 12.0. The summed E-state index contributed by atoms with van der Waals surface area (Å²) in [5.41, 5.74) is 7.30. The predicted molar refractivity (Wildman–Crippen MR) is 133 cm³/mol. The van der Waals surface area contributed by atoms with Gasteiger partial charge in [-0.05, 0) is 50.2 Å². The van der Waals surface area contributed by atoms with Gasteiger partial charge in [-0.2, -0.15) is 0 Å². The number of aromatic nitrogens is 3. The lowest BCUT2D eigenvalue weighted by molar-refractivity contribution is 0.104. The molecule has 0 saturated carbocycles. The molecule has 182 valence electrons. The van der Waals surface area contributed by atoms with Gasteiger partial charge >= 0.3 is 0 Å². The second kappa shape index (κ2) is 8.78. The van der Waals surface area contributed by atoms with Crippen LogP contribution in [0.25, 0.3) is 11.0 Å². The largest absolute Gasteiger partial charge is 0.383 e. The van der Waals surface area contributed by atoms with E-state index in [4.69, 9.17) is 5.73 Å². The summed E-state index contributed by atoms with van der Waals surface area (Å²) in [6.07, 6.45) is 4.04. The number of nitrogen functional groups attached to an aromatic ring is 1. The summed E-state index contributed by atoms with van der Waals surface area (Å²) >= 11 is 0. The van der Waals surface area contributed by atoms with Crippen LogP contribution in [0.5, 0.6) is 0 Å². The molecule has 0 amide bonds. The molecule has 2 aromatic heterocycles. The number of hydrogen-bond acceptors (Lipinski definition) is 8. The molecule has 0 aliphatic rings. The average Bonchev–Trinajstić information content (AvgIpc) is 3.19. The molecular weight excluding hydrogens is 490 g/mol. The number of carbonyl (C=O) groups is 1. The minimum atomic E-state index is -4.03. The van der Waals surface area contributed by atoms with E-state index in [1.807, 2.05) is 18.4 Å². The molecule has 0 saturated heterocycles. The van der Waals surface area contributed by atoms with E-state index in [1.165, 1.54) is 42.7 Å². The molecule has 12 heteroatoms. The summed E-state index contributed by atoms with van der Waals surface area (Å²) in [7, 11) is -7.49. The third-order valence-corrected chi connectivity index (χ3v) is 7.90. The molecule has 4 rings (SSSR count). The number of nitrogens with two attached hydrogens (primary N) is 1. The average molecular weight is 514 g/mol. The number of nitrogens with zero attached hydrogens (tertiary/aromatic N) is 3. The number of ketones is 1. The van der Waals surface area contributed by atoms with Crippen LogP contribution in [-0.4, -0.2) is 43.4 Å². The van der Waals surface area contributed by atoms with E-state index >= 15 is 0 Å². The Hall–Kier alpha value is -3.77. The first-order valence-corrected chi connectivity index (χ1v) is 13.8. The maximum absolute atomic E-state index is 13.4. The van der Waals surface area contributed by atoms with Gasteiger partial charge in [0.2, 0.25) is 0 Å². The summed E-state index contributed by atoms with van der Waals surface area (Å²) in [6, 6.07) is 10.9. The lowest BCUT2D eigenvalue weighted by atomic mass is 10.0. The van der Waals surface area contributed by atoms with E-state index in [0.717, 1.165) is 6.26 Å². The molecule has 2 aromatic carbocycles. The molecule has 10 nitrogen and oxygen atoms in total. The lowest BCUT2D eigenvalue weighted by Crippen LogP contribution is -2.13. The van der Waals surface area contributed by atoms with Crippen LogP contribution < -0.4 is 10.5 Å². The summed E-state index contributed by atoms with van der Waals surface area (Å²) < 4.78 is 53.2. The van der Waals surface area contributed by atoms with Crippen molar-refractivity contribution in [2.75, 3.05) is 16.7 Å². The predicted octanol–water partition coefficient (Wildman–Crippen LogP) is 3.03. The van der Waals surface area contributed by atoms with Crippen molar-refractivity contribution in [1.29, 1.82) is 0 Å². The Bertz CT molecular complexity index is 1660. The van der Waals surface area contributed by atoms with E-state index in [1.54, 1.807) is 18.3 Å². The molecule has 0 aliphatic heterocycles. The molecule has 0 bridgehead atoms. The zero-order valence-electron chi connectivity index (χ0n) is 19.1. The number of anilines is 2. The molecular formula is C23H23N5O5S2. The van der Waals surface area contributed by atoms with Crippen LogP contribution in [0.15, 0.2) is 70.8 Å². The van der Waals surface area contributed by atoms with Gasteiger partial charge in [0.1, 0.15) is 17.8 Å². The molecule has 0 unspecified atom stereocenters. The quantitative estimate of drug-likeness (QED) is 0.357. The first kappa shape index (κ1) is 24.4. The highest BCUT2D eigenvalue weighted by Gasteiger charge is 2.22. The van der Waals surface area contributed by atoms with Crippen LogP contribution in [-0.2, 0) is 19.9 Å². The Labute approximate surface area is 202 Å². The molecule has 3 N–H and O–H groups in total. The summed E-state index contributed by atoms with van der Waals surface area (Å²) in [5, 5.41) is 0.433. The fourth-order valence-electron chi connectivity index (χ4n) is 3.63. The molecule has 0 spiro atoms. The third-order valence-electron chi connectivity index (χ3n) is 5.38. The summed E-state index contributed by atoms with van der Waals surface area (Å²) in [4.78, 5) is 21.6. The number of hydrogen-bond donors (Lipinski definition) is 2. The Morgan fingerprint density at radius 3 is 2.29 bits per heavy atom. The Kier molecular flexibility index (Phi) is 6.11. The number of sulfonamides is 1. The normalized spacial score (nSPS) is 12.2. The van der Waals surface area contributed by atoms with Gasteiger partial charge in [0.25, 0.3) is 10.0 Å². The van der Waals surface area contributed by atoms with Crippen LogP contribution >= 0.6 is 0 Å². The summed E-state index contributed by atoms with van der Waals surface area (Å²) in [5.74, 6) is -0.193. The monoisotopic (exact) mass is 513 g/mol. The van der Waals surface area contributed by atoms with Crippen molar-refractivity contribution >= 4 is 48.2 Å². The van der Waals surface area contributed by atoms with Crippen LogP contribution in [0, 0.1) is 0 Å². The van der Waals surface area contributed by atoms with Crippen molar-refractivity contribution in [3.63, 3.8) is 0 Å². The molecule has 0 radical (unpaired) electrons. The number of carbonyl (C=O) groups excluding carboxylic acids is 1. The zero-order chi connectivity index (χ0) is 25.5. The van der Waals surface area contributed by atoms with Gasteiger partial charge in [-0.25, -0.2) is 26.8 Å². The van der Waals surface area contributed by atoms with E-state index in [9.17, 15) is 21.6 Å². The number of sulfone groups is 1. The van der Waals surface area contributed by atoms with Gasteiger partial charge < -0.3 is 10.3 Å². The van der Waals surface area contributed by atoms with Crippen molar-refractivity contribution in [1.82, 2.24) is 14.5 Å². The fourth-order valence-corrected chi connectivity index (χ4v) is 5.31. The molecule has 0 fully saturated rings. The van der Waals surface area contributed by atoms with Crippen molar-refractivity contribution in [2.24, 2.45) is 0 Å². The highest BCUT2D eigenvalue weighted by atomic mass is 32.2. The Balaban J connectivity index is 1.68. The topological polar surface area (TPSA) is 154 Å². The number of rotatable bonds is 7. The van der Waals surface area contributed by atoms with E-state index in [2.05, 4.69) is 14.7 Å². The fraction of sp³-hybridized carbons (Fsp3) is 0.174. The zero-order valence-corrected chi connectivity index (χ0v) is 20.8. The lowest BCUT2D eigenvalue weighted by Gasteiger charge is -2.10. The number of benzene rings is 2. The number of nitrogens with one attached hydrogen (secondary N) is 1. The molecule has 0 atom stereocenters. The van der Waals surface area contributed by atoms with Gasteiger partial charge in [-0.1, -0.05) is 12.1 Å². The highest BCUT2D eigenvalue weighted by molar-refractivity contribution is 7.92. The Morgan fingerprint density at radius 1 is 1.00 bits per heavy atom. The Morgan fingerprint density at radius 2 is 1.66 bits per heavy atom. The molecule has 0 aliphatic carbocycles. The standard InChI is InChI=1S/C23H23N5O5S2/c1-14(2)28-12-19(20-22(24)25-13-26-23(20)28)21(29)15-5-4-6-16(11-15)27-35(32,33)18-9-7-17(8-10-18)34(3,30)31/h4-14,27H,1-3H3,(H2,24,25,26). The summed E-state index contributed by atoms with van der Waals surface area (Å²) in [6.45, 7) is 3.90. The maximum atomic E-state index is 13.4. The molecule has 4 aromatic rings. The van der Waals surface area contributed by atoms with Gasteiger partial charge in [0.15, 0.2) is 15.6 Å². The second-order valence-electron chi connectivity index (χ2n) is 8.26. The van der Waals surface area contributed by atoms with E-state index in [-0.39, 0.29) is 38.7 Å². The van der Waals surface area contributed by atoms with Gasteiger partial charge in [-0.15, -0.1) is 0 Å². The van der Waals surface area contributed by atoms with Crippen LogP contribution in [0.4, 0.5) is 11.5 Å². The van der Waals surface area contributed by atoms with Crippen LogP contribution in [0.3, 0.4) is 0 Å². The third kappa shape index (κ3) is 4.75. The molecule has 35 heavy (non-hydrogen) atoms. The molecule has 2 heterocycles. The van der Waals surface area contributed by atoms with Crippen molar-refractivity contribution in [2.45, 2.75) is 29.7 Å². The van der Waals surface area contributed by atoms with Gasteiger partial charge in [-0.3, -0.25) is 9.52 Å². The van der Waals surface area contributed by atoms with Crippen LogP contribution in [0.1, 0.15) is 35.8 Å². The first-order valence-electron chi connectivity index (χ1n) is 10.5. The maximum Gasteiger partial charge on any atom is 0.261 e. The van der Waals surface area contributed by atoms with Crippen molar-refractivity contribution in [3.8, 4) is 0 Å².